The fourth-order valence-electron chi connectivity index (χ4n) is 5.06. The van der Waals surface area contributed by atoms with Crippen LogP contribution in [0.1, 0.15) is 67.0 Å². The van der Waals surface area contributed by atoms with Crippen molar-refractivity contribution in [1.29, 1.82) is 0 Å². The Labute approximate surface area is 270 Å². The van der Waals surface area contributed by atoms with E-state index in [1.54, 1.807) is 24.3 Å². The molecule has 47 heavy (non-hydrogen) atoms. The number of methoxy groups -OCH3 is 1. The summed E-state index contributed by atoms with van der Waals surface area (Å²) in [6, 6.07) is 10.7. The predicted octanol–water partition coefficient (Wildman–Crippen LogP) is 5.73. The molecule has 1 atom stereocenters. The Hall–Kier alpha value is -4.43. The minimum atomic E-state index is -4.79. The molecule has 14 heteroatoms. The number of alkyl halides is 3. The van der Waals surface area contributed by atoms with Crippen molar-refractivity contribution in [1.82, 2.24) is 25.2 Å². The fraction of sp³-hybridized carbons (Fsp3) is 0.455. The number of alkyl carbamates (subject to hydrolysis) is 1. The van der Waals surface area contributed by atoms with Crippen LogP contribution in [0.25, 0.3) is 21.9 Å². The van der Waals surface area contributed by atoms with Crippen molar-refractivity contribution in [2.45, 2.75) is 57.9 Å². The first-order valence-electron chi connectivity index (χ1n) is 15.3. The van der Waals surface area contributed by atoms with E-state index in [0.717, 1.165) is 31.3 Å². The number of hydrogen-bond donors (Lipinski definition) is 4. The lowest BCUT2D eigenvalue weighted by Crippen LogP contribution is -2.34. The van der Waals surface area contributed by atoms with Gasteiger partial charge in [0.15, 0.2) is 6.10 Å². The smallest absolute Gasteiger partial charge is 0.418 e. The third-order valence-electron chi connectivity index (χ3n) is 7.25. The van der Waals surface area contributed by atoms with Gasteiger partial charge in [-0.05, 0) is 77.0 Å². The van der Waals surface area contributed by atoms with Crippen molar-refractivity contribution < 1.29 is 37.3 Å². The van der Waals surface area contributed by atoms with E-state index in [1.165, 1.54) is 25.3 Å². The Morgan fingerprint density at radius 2 is 1.77 bits per heavy atom. The number of aliphatic hydroxyl groups is 1. The predicted molar refractivity (Wildman–Crippen MR) is 172 cm³/mol. The van der Waals surface area contributed by atoms with Gasteiger partial charge in [-0.15, -0.1) is 0 Å². The molecule has 0 aliphatic heterocycles. The van der Waals surface area contributed by atoms with Crippen molar-refractivity contribution in [3.05, 3.63) is 65.0 Å². The molecule has 4 N–H and O–H groups in total. The Balaban J connectivity index is 1.48. The summed E-state index contributed by atoms with van der Waals surface area (Å²) >= 11 is 0. The third kappa shape index (κ3) is 9.78. The van der Waals surface area contributed by atoms with Gasteiger partial charge in [0, 0.05) is 30.4 Å². The van der Waals surface area contributed by atoms with Crippen molar-refractivity contribution in [3.8, 4) is 0 Å². The molecule has 0 aliphatic carbocycles. The molecular formula is C33H41F3N6O5. The number of H-pyrrole nitrogens is 1. The highest BCUT2D eigenvalue weighted by Crippen LogP contribution is 2.34. The van der Waals surface area contributed by atoms with E-state index in [1.807, 2.05) is 27.8 Å². The summed E-state index contributed by atoms with van der Waals surface area (Å²) in [4.78, 5) is 38.8. The van der Waals surface area contributed by atoms with E-state index in [4.69, 9.17) is 14.5 Å². The molecule has 2 heterocycles. The summed E-state index contributed by atoms with van der Waals surface area (Å²) in [5, 5.41) is 17.4. The van der Waals surface area contributed by atoms with E-state index in [-0.39, 0.29) is 12.0 Å². The first kappa shape index (κ1) is 35.4. The molecule has 4 rings (SSSR count). The van der Waals surface area contributed by atoms with Gasteiger partial charge in [0.05, 0.1) is 18.1 Å². The number of nitrogens with zero attached hydrogens (tertiary/aromatic N) is 3. The molecule has 0 spiro atoms. The van der Waals surface area contributed by atoms with E-state index in [2.05, 4.69) is 25.5 Å². The van der Waals surface area contributed by atoms with Gasteiger partial charge in [0.1, 0.15) is 22.9 Å². The number of carbonyl (C=O) groups is 2. The van der Waals surface area contributed by atoms with Crippen LogP contribution in [0.4, 0.5) is 23.8 Å². The monoisotopic (exact) mass is 658 g/mol. The fourth-order valence-corrected chi connectivity index (χ4v) is 5.06. The molecule has 0 saturated heterocycles. The van der Waals surface area contributed by atoms with Gasteiger partial charge in [-0.25, -0.2) is 19.6 Å². The number of fused-ring (bicyclic) bond motifs is 3. The van der Waals surface area contributed by atoms with Crippen LogP contribution in [0, 0.1) is 0 Å². The number of esters is 1. The van der Waals surface area contributed by atoms with Crippen molar-refractivity contribution >= 4 is 39.8 Å². The zero-order valence-electron chi connectivity index (χ0n) is 27.1. The average molecular weight is 659 g/mol. The van der Waals surface area contributed by atoms with Crippen LogP contribution in [0.15, 0.2) is 42.5 Å². The Bertz CT molecular complexity index is 1700. The van der Waals surface area contributed by atoms with Gasteiger partial charge in [-0.2, -0.15) is 13.2 Å². The molecule has 0 radical (unpaired) electrons. The number of aromatic nitrogens is 3. The molecule has 254 valence electrons. The number of rotatable bonds is 13. The molecular weight excluding hydrogens is 617 g/mol. The number of aromatic amines is 1. The maximum atomic E-state index is 13.1. The number of benzene rings is 2. The molecule has 0 fully saturated rings. The third-order valence-corrected chi connectivity index (χ3v) is 7.25. The zero-order chi connectivity index (χ0) is 34.4. The van der Waals surface area contributed by atoms with Gasteiger partial charge in [-0.1, -0.05) is 30.3 Å². The number of carbonyl (C=O) groups excluding carboxylic acids is 2. The lowest BCUT2D eigenvalue weighted by atomic mass is 10.0. The normalized spacial score (nSPS) is 12.8. The number of halogens is 3. The molecule has 11 nitrogen and oxygen atoms in total. The van der Waals surface area contributed by atoms with Gasteiger partial charge in [0.2, 0.25) is 0 Å². The number of ether oxygens (including phenoxy) is 2. The van der Waals surface area contributed by atoms with Crippen LogP contribution in [0.2, 0.25) is 0 Å². The molecule has 0 aliphatic rings. The molecule has 2 aromatic heterocycles. The summed E-state index contributed by atoms with van der Waals surface area (Å²) in [7, 11) is 3.30. The quantitative estimate of drug-likeness (QED) is 0.105. The second kappa shape index (κ2) is 15.0. The maximum Gasteiger partial charge on any atom is 0.418 e. The zero-order valence-corrected chi connectivity index (χ0v) is 27.1. The molecule has 1 unspecified atom stereocenters. The molecule has 2 aromatic carbocycles. The minimum Gasteiger partial charge on any atom is -0.465 e. The van der Waals surface area contributed by atoms with Crippen LogP contribution < -0.4 is 10.6 Å². The van der Waals surface area contributed by atoms with Crippen molar-refractivity contribution in [3.63, 3.8) is 0 Å². The topological polar surface area (TPSA) is 142 Å². The Morgan fingerprint density at radius 1 is 1.04 bits per heavy atom. The van der Waals surface area contributed by atoms with Gasteiger partial charge >= 0.3 is 18.2 Å². The Morgan fingerprint density at radius 3 is 2.45 bits per heavy atom. The summed E-state index contributed by atoms with van der Waals surface area (Å²) in [5.74, 6) is 0.409. The SMILES string of the molecule is COC(=O)c1ccc2c(c1)[nH]c1nc(Cc3cccc(C(O)C(F)(F)F)c3)nc(NCCCN(C)CCCNC(=O)OC(C)(C)C)c12. The van der Waals surface area contributed by atoms with Crippen LogP contribution >= 0.6 is 0 Å². The highest BCUT2D eigenvalue weighted by molar-refractivity contribution is 6.12. The molecule has 1 amide bonds. The molecule has 0 saturated carbocycles. The van der Waals surface area contributed by atoms with Crippen molar-refractivity contribution in [2.24, 2.45) is 0 Å². The first-order chi connectivity index (χ1) is 22.1. The largest absolute Gasteiger partial charge is 0.465 e. The van der Waals surface area contributed by atoms with Crippen LogP contribution in [-0.4, -0.2) is 89.1 Å². The van der Waals surface area contributed by atoms with Crippen molar-refractivity contribution in [2.75, 3.05) is 45.7 Å². The second-order valence-corrected chi connectivity index (χ2v) is 12.3. The lowest BCUT2D eigenvalue weighted by molar-refractivity contribution is -0.206. The van der Waals surface area contributed by atoms with Gasteiger partial charge in [0.25, 0.3) is 0 Å². The lowest BCUT2D eigenvalue weighted by Gasteiger charge is -2.20. The van der Waals surface area contributed by atoms with Gasteiger partial charge < -0.3 is 35.1 Å². The average Bonchev–Trinajstić information content (AvgIpc) is 3.37. The highest BCUT2D eigenvalue weighted by atomic mass is 19.4. The van der Waals surface area contributed by atoms with E-state index in [9.17, 15) is 27.9 Å². The number of aliphatic hydroxyl groups excluding tert-OH is 1. The summed E-state index contributed by atoms with van der Waals surface area (Å²) in [5.41, 5.74) is 1.19. The summed E-state index contributed by atoms with van der Waals surface area (Å²) in [6.45, 7) is 8.03. The van der Waals surface area contributed by atoms with E-state index < -0.39 is 29.9 Å². The first-order valence-corrected chi connectivity index (χ1v) is 15.3. The van der Waals surface area contributed by atoms with Crippen LogP contribution in [0.5, 0.6) is 0 Å². The molecule has 4 aromatic rings. The number of nitrogens with one attached hydrogen (secondary N) is 3. The second-order valence-electron chi connectivity index (χ2n) is 12.3. The summed E-state index contributed by atoms with van der Waals surface area (Å²) in [6.07, 6.45) is -6.19. The van der Waals surface area contributed by atoms with Gasteiger partial charge in [-0.3, -0.25) is 0 Å². The summed E-state index contributed by atoms with van der Waals surface area (Å²) < 4.78 is 49.5. The van der Waals surface area contributed by atoms with E-state index in [0.29, 0.717) is 52.4 Å². The number of anilines is 1. The number of hydrogen-bond acceptors (Lipinski definition) is 9. The molecule has 0 bridgehead atoms. The Kier molecular flexibility index (Phi) is 11.3. The van der Waals surface area contributed by atoms with E-state index >= 15 is 0 Å². The van der Waals surface area contributed by atoms with Crippen LogP contribution in [0.3, 0.4) is 0 Å². The van der Waals surface area contributed by atoms with Crippen LogP contribution in [-0.2, 0) is 15.9 Å². The number of amides is 1. The standard InChI is InChI=1S/C33H41F3N6O5/c1-32(2,3)47-31(45)38-14-8-16-42(4)15-7-13-37-28-26-23-12-11-22(30(44)46-5)19-24(23)39-29(26)41-25(40-28)18-20-9-6-10-21(17-20)27(43)33(34,35)36/h6,9-12,17,19,27,43H,7-8,13-16,18H2,1-5H3,(H,38,45)(H2,37,39,40,41). The maximum absolute atomic E-state index is 13.1. The minimum absolute atomic E-state index is 0.117. The highest BCUT2D eigenvalue weighted by Gasteiger charge is 2.39.